The van der Waals surface area contributed by atoms with Crippen LogP contribution in [0.1, 0.15) is 55.0 Å². The number of ether oxygens (including phenoxy) is 1. The van der Waals surface area contributed by atoms with Crippen LogP contribution in [-0.4, -0.2) is 28.5 Å². The topological polar surface area (TPSA) is 84.1 Å². The minimum atomic E-state index is -0.417. The maximum Gasteiger partial charge on any atom is 0.340 e. The predicted molar refractivity (Wildman–Crippen MR) is 113 cm³/mol. The number of carbonyl (C=O) groups is 2. The molecule has 0 saturated heterocycles. The third-order valence-corrected chi connectivity index (χ3v) is 4.69. The van der Waals surface area contributed by atoms with Crippen LogP contribution in [0, 0.1) is 0 Å². The molecule has 2 N–H and O–H groups in total. The van der Waals surface area contributed by atoms with Crippen molar-refractivity contribution in [1.82, 2.24) is 15.3 Å². The molecule has 1 aromatic heterocycles. The summed E-state index contributed by atoms with van der Waals surface area (Å²) in [5.41, 5.74) is 4.02. The molecular weight excluding hydrogens is 366 g/mol. The highest BCUT2D eigenvalue weighted by atomic mass is 16.5. The van der Waals surface area contributed by atoms with Crippen LogP contribution < -0.4 is 5.32 Å². The predicted octanol–water partition coefficient (Wildman–Crippen LogP) is 3.90. The van der Waals surface area contributed by atoms with Crippen LogP contribution in [0.3, 0.4) is 0 Å². The summed E-state index contributed by atoms with van der Waals surface area (Å²) in [5.74, 6) is -0.0433. The van der Waals surface area contributed by atoms with Crippen molar-refractivity contribution < 1.29 is 14.3 Å². The van der Waals surface area contributed by atoms with Crippen LogP contribution in [0.15, 0.2) is 42.5 Å². The molecule has 0 aliphatic heterocycles. The number of amides is 1. The fourth-order valence-corrected chi connectivity index (χ4v) is 3.08. The molecule has 0 aliphatic carbocycles. The van der Waals surface area contributed by atoms with Gasteiger partial charge in [-0.15, -0.1) is 0 Å². The summed E-state index contributed by atoms with van der Waals surface area (Å²) in [4.78, 5) is 32.0. The third-order valence-electron chi connectivity index (χ3n) is 4.69. The molecule has 1 amide bonds. The molecule has 152 valence electrons. The lowest BCUT2D eigenvalue weighted by Crippen LogP contribution is -2.25. The van der Waals surface area contributed by atoms with E-state index in [2.05, 4.69) is 48.2 Å². The number of aromatic nitrogens is 2. The van der Waals surface area contributed by atoms with E-state index < -0.39 is 5.97 Å². The minimum Gasteiger partial charge on any atom is -0.462 e. The van der Waals surface area contributed by atoms with Crippen LogP contribution in [0.25, 0.3) is 11.0 Å². The van der Waals surface area contributed by atoms with E-state index in [1.54, 1.807) is 19.1 Å². The van der Waals surface area contributed by atoms with Crippen LogP contribution in [0.2, 0.25) is 0 Å². The zero-order valence-electron chi connectivity index (χ0n) is 17.3. The molecule has 0 bridgehead atoms. The maximum absolute atomic E-state index is 12.3. The minimum absolute atomic E-state index is 0.103. The number of benzene rings is 2. The number of fused-ring (bicyclic) bond motifs is 1. The molecule has 29 heavy (non-hydrogen) atoms. The Labute approximate surface area is 170 Å². The second kappa shape index (κ2) is 8.47. The molecule has 0 aliphatic rings. The largest absolute Gasteiger partial charge is 0.462 e. The quantitative estimate of drug-likeness (QED) is 0.622. The smallest absolute Gasteiger partial charge is 0.340 e. The Morgan fingerprint density at radius 3 is 2.48 bits per heavy atom. The molecule has 0 radical (unpaired) electrons. The molecule has 1 heterocycles. The van der Waals surface area contributed by atoms with Crippen molar-refractivity contribution in [1.29, 1.82) is 0 Å². The van der Waals surface area contributed by atoms with E-state index >= 15 is 0 Å². The first-order valence-corrected chi connectivity index (χ1v) is 9.78. The number of nitrogens with one attached hydrogen (secondary N) is 2. The highest BCUT2D eigenvalue weighted by Crippen LogP contribution is 2.22. The number of nitrogens with zero attached hydrogens (tertiary/aromatic N) is 1. The van der Waals surface area contributed by atoms with Gasteiger partial charge in [-0.1, -0.05) is 51.1 Å². The lowest BCUT2D eigenvalue weighted by molar-refractivity contribution is -0.120. The molecule has 3 rings (SSSR count). The summed E-state index contributed by atoms with van der Waals surface area (Å²) >= 11 is 0. The Kier molecular flexibility index (Phi) is 6.01. The van der Waals surface area contributed by atoms with Crippen molar-refractivity contribution in [3.8, 4) is 0 Å². The van der Waals surface area contributed by atoms with Crippen LogP contribution in [0.5, 0.6) is 0 Å². The van der Waals surface area contributed by atoms with Gasteiger partial charge in [0.2, 0.25) is 5.91 Å². The van der Waals surface area contributed by atoms with Crippen LogP contribution in [-0.2, 0) is 27.9 Å². The van der Waals surface area contributed by atoms with Gasteiger partial charge in [-0.2, -0.15) is 0 Å². The molecule has 0 fully saturated rings. The van der Waals surface area contributed by atoms with Crippen molar-refractivity contribution in [3.05, 3.63) is 65.0 Å². The summed E-state index contributed by atoms with van der Waals surface area (Å²) in [6.07, 6.45) is 0.108. The van der Waals surface area contributed by atoms with Crippen LogP contribution >= 0.6 is 0 Å². The Hall–Kier alpha value is -3.15. The van der Waals surface area contributed by atoms with Crippen molar-refractivity contribution in [2.24, 2.45) is 0 Å². The van der Waals surface area contributed by atoms with E-state index in [-0.39, 0.29) is 17.7 Å². The second-order valence-electron chi connectivity index (χ2n) is 8.01. The van der Waals surface area contributed by atoms with Gasteiger partial charge in [0.1, 0.15) is 11.3 Å². The lowest BCUT2D eigenvalue weighted by atomic mass is 9.87. The molecule has 0 saturated carbocycles. The normalized spacial score (nSPS) is 11.4. The Morgan fingerprint density at radius 1 is 1.10 bits per heavy atom. The number of H-pyrrole nitrogens is 1. The first kappa shape index (κ1) is 20.6. The highest BCUT2D eigenvalue weighted by Gasteiger charge is 2.16. The van der Waals surface area contributed by atoms with E-state index in [0.717, 1.165) is 5.56 Å². The zero-order chi connectivity index (χ0) is 21.0. The summed E-state index contributed by atoms with van der Waals surface area (Å²) in [6, 6.07) is 13.5. The average Bonchev–Trinajstić information content (AvgIpc) is 3.08. The summed E-state index contributed by atoms with van der Waals surface area (Å²) in [5, 5.41) is 2.92. The molecule has 6 heteroatoms. The first-order valence-electron chi connectivity index (χ1n) is 9.78. The number of hydrogen-bond acceptors (Lipinski definition) is 4. The van der Waals surface area contributed by atoms with Crippen molar-refractivity contribution in [2.75, 3.05) is 6.61 Å². The summed E-state index contributed by atoms with van der Waals surface area (Å²) < 4.78 is 5.07. The number of rotatable bonds is 6. The fourth-order valence-electron chi connectivity index (χ4n) is 3.08. The van der Waals surface area contributed by atoms with Gasteiger partial charge in [0, 0.05) is 6.54 Å². The number of carbonyl (C=O) groups excluding carboxylic acids is 2. The lowest BCUT2D eigenvalue weighted by Gasteiger charge is -2.19. The number of imidazole rings is 1. The van der Waals surface area contributed by atoms with Crippen molar-refractivity contribution >= 4 is 22.9 Å². The molecule has 0 unspecified atom stereocenters. The second-order valence-corrected chi connectivity index (χ2v) is 8.01. The molecule has 0 spiro atoms. The van der Waals surface area contributed by atoms with Crippen molar-refractivity contribution in [2.45, 2.75) is 46.1 Å². The highest BCUT2D eigenvalue weighted by molar-refractivity contribution is 6.02. The van der Waals surface area contributed by atoms with E-state index in [4.69, 9.17) is 4.74 Å². The Balaban J connectivity index is 1.64. The van der Waals surface area contributed by atoms with Gasteiger partial charge in [0.25, 0.3) is 0 Å². The fraction of sp³-hybridized carbons (Fsp3) is 0.348. The number of aromatic amines is 1. The van der Waals surface area contributed by atoms with Gasteiger partial charge in [-0.25, -0.2) is 9.78 Å². The van der Waals surface area contributed by atoms with E-state index in [1.807, 2.05) is 18.2 Å². The first-order chi connectivity index (χ1) is 13.8. The van der Waals surface area contributed by atoms with Crippen molar-refractivity contribution in [3.63, 3.8) is 0 Å². The molecule has 6 nitrogen and oxygen atoms in total. The van der Waals surface area contributed by atoms with Gasteiger partial charge in [0.05, 0.1) is 24.1 Å². The molecule has 2 aromatic carbocycles. The van der Waals surface area contributed by atoms with Gasteiger partial charge >= 0.3 is 5.97 Å². The molecule has 3 aromatic rings. The molecular formula is C23H27N3O3. The number of hydrogen-bond donors (Lipinski definition) is 2. The van der Waals surface area contributed by atoms with Gasteiger partial charge < -0.3 is 15.0 Å². The number of para-hydroxylation sites is 1. The van der Waals surface area contributed by atoms with Gasteiger partial charge in [-0.05, 0) is 35.6 Å². The molecule has 0 atom stereocenters. The average molecular weight is 393 g/mol. The zero-order valence-corrected chi connectivity index (χ0v) is 17.3. The summed E-state index contributed by atoms with van der Waals surface area (Å²) in [6.45, 7) is 9.03. The number of esters is 1. The Morgan fingerprint density at radius 2 is 1.83 bits per heavy atom. The van der Waals surface area contributed by atoms with Gasteiger partial charge in [-0.3, -0.25) is 4.79 Å². The summed E-state index contributed by atoms with van der Waals surface area (Å²) in [7, 11) is 0. The third kappa shape index (κ3) is 5.02. The van der Waals surface area contributed by atoms with E-state index in [0.29, 0.717) is 35.6 Å². The monoisotopic (exact) mass is 393 g/mol. The maximum atomic E-state index is 12.3. The SMILES string of the molecule is CCOC(=O)c1cccc2[nH]c(CC(=O)NCc3ccc(C(C)(C)C)cc3)nc12. The van der Waals surface area contributed by atoms with Crippen LogP contribution in [0.4, 0.5) is 0 Å². The van der Waals surface area contributed by atoms with Gasteiger partial charge in [0.15, 0.2) is 0 Å². The van der Waals surface area contributed by atoms with E-state index in [9.17, 15) is 9.59 Å². The van der Waals surface area contributed by atoms with E-state index in [1.165, 1.54) is 5.56 Å². The standard InChI is InChI=1S/C23H27N3O3/c1-5-29-22(28)17-7-6-8-18-21(17)26-19(25-18)13-20(27)24-14-15-9-11-16(12-10-15)23(2,3)4/h6-12H,5,13-14H2,1-4H3,(H,24,27)(H,25,26). The Bertz CT molecular complexity index is 1010.